The molecule has 5 heteroatoms. The maximum absolute atomic E-state index is 11.8. The van der Waals surface area contributed by atoms with Crippen molar-refractivity contribution < 1.29 is 4.79 Å². The molecule has 0 aliphatic rings. The molecule has 1 aromatic rings. The zero-order valence-electron chi connectivity index (χ0n) is 9.75. The number of carbonyl (C=O) groups is 1. The smallest absolute Gasteiger partial charge is 0.244 e. The summed E-state index contributed by atoms with van der Waals surface area (Å²) in [6, 6.07) is 6.98. The Labute approximate surface area is 109 Å². The molecule has 0 heterocycles. The van der Waals surface area contributed by atoms with Crippen LogP contribution < -0.4 is 11.1 Å². The van der Waals surface area contributed by atoms with Crippen LogP contribution in [0.25, 0.3) is 0 Å². The lowest BCUT2D eigenvalue weighted by atomic mass is 9.99. The summed E-state index contributed by atoms with van der Waals surface area (Å²) in [6.07, 6.45) is 0.548. The summed E-state index contributed by atoms with van der Waals surface area (Å²) in [4.78, 5) is 11.8. The van der Waals surface area contributed by atoms with Crippen LogP contribution in [0.5, 0.6) is 0 Å². The highest BCUT2D eigenvalue weighted by molar-refractivity contribution is 9.10. The Bertz CT molecular complexity index is 477. The third kappa shape index (κ3) is 3.29. The number of rotatable bonds is 3. The zero-order valence-corrected chi connectivity index (χ0v) is 11.3. The number of nitrogens with one attached hydrogen (secondary N) is 1. The molecule has 1 atom stereocenters. The van der Waals surface area contributed by atoms with Gasteiger partial charge in [0, 0.05) is 4.47 Å². The molecule has 17 heavy (non-hydrogen) atoms. The van der Waals surface area contributed by atoms with E-state index < -0.39 is 5.54 Å². The van der Waals surface area contributed by atoms with Gasteiger partial charge in [0.2, 0.25) is 5.91 Å². The maximum atomic E-state index is 11.8. The Hall–Kier alpha value is -1.38. The first-order valence-corrected chi connectivity index (χ1v) is 6.00. The highest BCUT2D eigenvalue weighted by Crippen LogP contribution is 2.24. The van der Waals surface area contributed by atoms with Crippen molar-refractivity contribution in [1.82, 2.24) is 0 Å². The first-order valence-electron chi connectivity index (χ1n) is 5.20. The third-order valence-corrected chi connectivity index (χ3v) is 3.26. The van der Waals surface area contributed by atoms with Gasteiger partial charge >= 0.3 is 0 Å². The minimum Gasteiger partial charge on any atom is -0.323 e. The van der Waals surface area contributed by atoms with E-state index in [0.29, 0.717) is 22.1 Å². The van der Waals surface area contributed by atoms with Crippen LogP contribution >= 0.6 is 15.9 Å². The number of amides is 1. The molecule has 0 spiro atoms. The van der Waals surface area contributed by atoms with Crippen LogP contribution in [0.1, 0.15) is 25.8 Å². The topological polar surface area (TPSA) is 78.9 Å². The molecule has 0 aromatic heterocycles. The van der Waals surface area contributed by atoms with Crippen LogP contribution in [0.3, 0.4) is 0 Å². The fraction of sp³-hybridized carbons (Fsp3) is 0.333. The van der Waals surface area contributed by atoms with Gasteiger partial charge < -0.3 is 11.1 Å². The molecule has 0 saturated heterocycles. The van der Waals surface area contributed by atoms with Crippen LogP contribution in [0.15, 0.2) is 22.7 Å². The lowest BCUT2D eigenvalue weighted by Crippen LogP contribution is -2.47. The quantitative estimate of drug-likeness (QED) is 0.898. The SMILES string of the molecule is CCC(C)(N)C(=O)Nc1ccc(C#N)cc1Br. The number of anilines is 1. The molecule has 0 radical (unpaired) electrons. The van der Waals surface area contributed by atoms with Gasteiger partial charge in [-0.1, -0.05) is 6.92 Å². The van der Waals surface area contributed by atoms with Gasteiger partial charge in [0.05, 0.1) is 22.9 Å². The molecule has 1 rings (SSSR count). The summed E-state index contributed by atoms with van der Waals surface area (Å²) in [6.45, 7) is 3.54. The zero-order chi connectivity index (χ0) is 13.1. The molecular formula is C12H14BrN3O. The van der Waals surface area contributed by atoms with Crippen molar-refractivity contribution in [3.63, 3.8) is 0 Å². The fourth-order valence-electron chi connectivity index (χ4n) is 1.11. The van der Waals surface area contributed by atoms with Crippen LogP contribution in [0.2, 0.25) is 0 Å². The standard InChI is InChI=1S/C12H14BrN3O/c1-3-12(2,15)11(17)16-10-5-4-8(7-14)6-9(10)13/h4-6H,3,15H2,1-2H3,(H,16,17). The fourth-order valence-corrected chi connectivity index (χ4v) is 1.59. The second-order valence-electron chi connectivity index (χ2n) is 4.03. The number of nitrogens with two attached hydrogens (primary N) is 1. The molecule has 1 unspecified atom stereocenters. The second kappa shape index (κ2) is 5.30. The van der Waals surface area contributed by atoms with Crippen molar-refractivity contribution in [1.29, 1.82) is 5.26 Å². The first kappa shape index (κ1) is 13.7. The number of nitriles is 1. The van der Waals surface area contributed by atoms with E-state index in [2.05, 4.69) is 21.2 Å². The van der Waals surface area contributed by atoms with Gasteiger partial charge in [-0.2, -0.15) is 5.26 Å². The van der Waals surface area contributed by atoms with Crippen LogP contribution in [-0.2, 0) is 4.79 Å². The first-order chi connectivity index (χ1) is 7.90. The van der Waals surface area contributed by atoms with E-state index in [1.165, 1.54) is 0 Å². The predicted molar refractivity (Wildman–Crippen MR) is 70.4 cm³/mol. The average Bonchev–Trinajstić information content (AvgIpc) is 2.31. The predicted octanol–water partition coefficient (Wildman–Crippen LogP) is 2.39. The van der Waals surface area contributed by atoms with Gasteiger partial charge in [0.1, 0.15) is 0 Å². The van der Waals surface area contributed by atoms with Crippen LogP contribution in [-0.4, -0.2) is 11.4 Å². The van der Waals surface area contributed by atoms with Gasteiger partial charge in [-0.15, -0.1) is 0 Å². The van der Waals surface area contributed by atoms with E-state index in [-0.39, 0.29) is 5.91 Å². The highest BCUT2D eigenvalue weighted by Gasteiger charge is 2.26. The number of nitrogens with zero attached hydrogens (tertiary/aromatic N) is 1. The van der Waals surface area contributed by atoms with Crippen molar-refractivity contribution in [2.75, 3.05) is 5.32 Å². The lowest BCUT2D eigenvalue weighted by Gasteiger charge is -2.21. The normalized spacial score (nSPS) is 13.6. The Kier molecular flexibility index (Phi) is 4.27. The average molecular weight is 296 g/mol. The van der Waals surface area contributed by atoms with E-state index in [1.54, 1.807) is 25.1 Å². The summed E-state index contributed by atoms with van der Waals surface area (Å²) in [7, 11) is 0. The summed E-state index contributed by atoms with van der Waals surface area (Å²) >= 11 is 3.30. The molecular weight excluding hydrogens is 282 g/mol. The molecule has 3 N–H and O–H groups in total. The summed E-state index contributed by atoms with van der Waals surface area (Å²) in [5.74, 6) is -0.245. The second-order valence-corrected chi connectivity index (χ2v) is 4.89. The molecule has 1 amide bonds. The lowest BCUT2D eigenvalue weighted by molar-refractivity contribution is -0.120. The van der Waals surface area contributed by atoms with E-state index >= 15 is 0 Å². The van der Waals surface area contributed by atoms with Crippen LogP contribution in [0.4, 0.5) is 5.69 Å². The maximum Gasteiger partial charge on any atom is 0.244 e. The molecule has 90 valence electrons. The van der Waals surface area contributed by atoms with E-state index in [4.69, 9.17) is 11.0 Å². The Morgan fingerprint density at radius 3 is 2.76 bits per heavy atom. The highest BCUT2D eigenvalue weighted by atomic mass is 79.9. The summed E-state index contributed by atoms with van der Waals surface area (Å²) in [5, 5.41) is 11.5. The van der Waals surface area contributed by atoms with Crippen molar-refractivity contribution in [3.05, 3.63) is 28.2 Å². The number of hydrogen-bond acceptors (Lipinski definition) is 3. The third-order valence-electron chi connectivity index (χ3n) is 2.60. The Morgan fingerprint density at radius 1 is 1.65 bits per heavy atom. The molecule has 0 bridgehead atoms. The van der Waals surface area contributed by atoms with Crippen LogP contribution in [0, 0.1) is 11.3 Å². The minimum atomic E-state index is -0.895. The van der Waals surface area contributed by atoms with E-state index in [0.717, 1.165) is 0 Å². The number of benzene rings is 1. The van der Waals surface area contributed by atoms with Gasteiger partial charge in [0.25, 0.3) is 0 Å². The van der Waals surface area contributed by atoms with Crippen molar-refractivity contribution in [2.45, 2.75) is 25.8 Å². The molecule has 0 aliphatic heterocycles. The summed E-state index contributed by atoms with van der Waals surface area (Å²) in [5.41, 5.74) is 6.08. The molecule has 4 nitrogen and oxygen atoms in total. The van der Waals surface area contributed by atoms with Crippen molar-refractivity contribution in [3.8, 4) is 6.07 Å². The number of carbonyl (C=O) groups excluding carboxylic acids is 1. The molecule has 1 aromatic carbocycles. The Morgan fingerprint density at radius 2 is 2.29 bits per heavy atom. The van der Waals surface area contributed by atoms with Crippen molar-refractivity contribution >= 4 is 27.5 Å². The summed E-state index contributed by atoms with van der Waals surface area (Å²) < 4.78 is 0.664. The van der Waals surface area contributed by atoms with Gasteiger partial charge in [-0.25, -0.2) is 0 Å². The van der Waals surface area contributed by atoms with Gasteiger partial charge in [-0.3, -0.25) is 4.79 Å². The molecule has 0 saturated carbocycles. The number of halogens is 1. The van der Waals surface area contributed by atoms with Gasteiger partial charge in [-0.05, 0) is 47.5 Å². The van der Waals surface area contributed by atoms with Gasteiger partial charge in [0.15, 0.2) is 0 Å². The van der Waals surface area contributed by atoms with Crippen molar-refractivity contribution in [2.24, 2.45) is 5.73 Å². The van der Waals surface area contributed by atoms with E-state index in [1.807, 2.05) is 13.0 Å². The minimum absolute atomic E-state index is 0.245. The largest absolute Gasteiger partial charge is 0.323 e. The monoisotopic (exact) mass is 295 g/mol. The Balaban J connectivity index is 2.91. The molecule has 0 aliphatic carbocycles. The van der Waals surface area contributed by atoms with E-state index in [9.17, 15) is 4.79 Å². The number of hydrogen-bond donors (Lipinski definition) is 2. The molecule has 0 fully saturated rings.